The Morgan fingerprint density at radius 3 is 2.32 bits per heavy atom. The van der Waals surface area contributed by atoms with Crippen molar-refractivity contribution in [2.24, 2.45) is 0 Å². The molecule has 7 heteroatoms. The van der Waals surface area contributed by atoms with Crippen LogP contribution in [0.2, 0.25) is 0 Å². The van der Waals surface area contributed by atoms with Gasteiger partial charge in [-0.3, -0.25) is 14.9 Å². The highest BCUT2D eigenvalue weighted by Crippen LogP contribution is 2.33. The van der Waals surface area contributed by atoms with Gasteiger partial charge < -0.3 is 5.32 Å². The molecule has 4 rings (SSSR count). The molecule has 0 radical (unpaired) electrons. The molecule has 1 N–H and O–H groups in total. The summed E-state index contributed by atoms with van der Waals surface area (Å²) in [5, 5.41) is 14.9. The summed E-state index contributed by atoms with van der Waals surface area (Å²) in [6.45, 7) is 3.62. The van der Waals surface area contributed by atoms with Crippen LogP contribution in [0.4, 0.5) is 11.4 Å². The molecule has 0 atom stereocenters. The number of aromatic nitrogens is 1. The minimum absolute atomic E-state index is 0.0729. The molecule has 1 aromatic heterocycles. The molecule has 0 fully saturated rings. The minimum atomic E-state index is -0.485. The predicted molar refractivity (Wildman–Crippen MR) is 124 cm³/mol. The summed E-state index contributed by atoms with van der Waals surface area (Å²) in [5.41, 5.74) is 4.11. The summed E-state index contributed by atoms with van der Waals surface area (Å²) >= 11 is 1.64. The second-order valence-electron chi connectivity index (χ2n) is 7.03. The average Bonchev–Trinajstić information content (AvgIpc) is 3.16. The van der Waals surface area contributed by atoms with Crippen molar-refractivity contribution in [1.82, 2.24) is 4.98 Å². The van der Waals surface area contributed by atoms with Gasteiger partial charge in [-0.1, -0.05) is 48.5 Å². The van der Waals surface area contributed by atoms with E-state index in [-0.39, 0.29) is 17.2 Å². The van der Waals surface area contributed by atoms with E-state index < -0.39 is 4.92 Å². The normalized spacial score (nSPS) is 10.6. The highest BCUT2D eigenvalue weighted by Gasteiger charge is 2.18. The molecule has 0 bridgehead atoms. The van der Waals surface area contributed by atoms with Crippen LogP contribution < -0.4 is 5.32 Å². The van der Waals surface area contributed by atoms with Crippen molar-refractivity contribution in [1.29, 1.82) is 0 Å². The van der Waals surface area contributed by atoms with Gasteiger partial charge in [0.2, 0.25) is 0 Å². The Kier molecular flexibility index (Phi) is 5.60. The number of thiazole rings is 1. The van der Waals surface area contributed by atoms with Gasteiger partial charge in [0.1, 0.15) is 5.01 Å². The second-order valence-corrected chi connectivity index (χ2v) is 8.23. The zero-order chi connectivity index (χ0) is 22.0. The van der Waals surface area contributed by atoms with Crippen LogP contribution in [0.1, 0.15) is 20.8 Å². The van der Waals surface area contributed by atoms with Crippen molar-refractivity contribution < 1.29 is 9.72 Å². The molecule has 3 aromatic carbocycles. The first-order chi connectivity index (χ1) is 14.9. The number of nitrogens with one attached hydrogen (secondary N) is 1. The first-order valence-electron chi connectivity index (χ1n) is 9.62. The van der Waals surface area contributed by atoms with E-state index >= 15 is 0 Å². The van der Waals surface area contributed by atoms with Crippen LogP contribution in [-0.4, -0.2) is 15.8 Å². The lowest BCUT2D eigenvalue weighted by atomic mass is 10.1. The smallest absolute Gasteiger partial charge is 0.273 e. The molecule has 0 aliphatic rings. The average molecular weight is 430 g/mol. The maximum Gasteiger partial charge on any atom is 0.273 e. The Morgan fingerprint density at radius 2 is 1.65 bits per heavy atom. The molecule has 0 unspecified atom stereocenters. The number of carbonyl (C=O) groups is 1. The van der Waals surface area contributed by atoms with E-state index in [2.05, 4.69) is 5.32 Å². The lowest BCUT2D eigenvalue weighted by molar-refractivity contribution is -0.385. The number of nitrogens with zero attached hydrogens (tertiary/aromatic N) is 2. The van der Waals surface area contributed by atoms with Gasteiger partial charge in [-0.05, 0) is 32.0 Å². The first-order valence-corrected chi connectivity index (χ1v) is 10.4. The Bertz CT molecular complexity index is 1270. The van der Waals surface area contributed by atoms with Gasteiger partial charge in [0, 0.05) is 38.9 Å². The van der Waals surface area contributed by atoms with E-state index in [9.17, 15) is 14.9 Å². The summed E-state index contributed by atoms with van der Waals surface area (Å²) in [6, 6.07) is 22.0. The fourth-order valence-electron chi connectivity index (χ4n) is 3.35. The summed E-state index contributed by atoms with van der Waals surface area (Å²) in [5.74, 6) is -0.384. The van der Waals surface area contributed by atoms with Crippen molar-refractivity contribution in [3.63, 3.8) is 0 Å². The van der Waals surface area contributed by atoms with Crippen LogP contribution in [0.25, 0.3) is 21.8 Å². The van der Waals surface area contributed by atoms with Gasteiger partial charge in [-0.15, -0.1) is 11.3 Å². The minimum Gasteiger partial charge on any atom is -0.322 e. The van der Waals surface area contributed by atoms with Crippen LogP contribution in [0.3, 0.4) is 0 Å². The summed E-state index contributed by atoms with van der Waals surface area (Å²) in [4.78, 5) is 29.2. The molecule has 0 spiro atoms. The molecule has 0 aliphatic carbocycles. The highest BCUT2D eigenvalue weighted by molar-refractivity contribution is 7.15. The predicted octanol–water partition coefficient (Wildman–Crippen LogP) is 6.25. The Hall–Kier alpha value is -3.84. The maximum atomic E-state index is 12.6. The van der Waals surface area contributed by atoms with Crippen LogP contribution >= 0.6 is 11.3 Å². The third-order valence-corrected chi connectivity index (χ3v) is 6.00. The maximum absolute atomic E-state index is 12.6. The number of anilines is 1. The van der Waals surface area contributed by atoms with E-state index in [0.29, 0.717) is 11.3 Å². The van der Waals surface area contributed by atoms with Crippen LogP contribution in [0, 0.1) is 24.0 Å². The van der Waals surface area contributed by atoms with E-state index in [4.69, 9.17) is 4.98 Å². The number of hydrogen-bond donors (Lipinski definition) is 1. The van der Waals surface area contributed by atoms with Crippen molar-refractivity contribution in [2.75, 3.05) is 5.32 Å². The summed E-state index contributed by atoms with van der Waals surface area (Å²) < 4.78 is 0. The fraction of sp³-hybridized carbons (Fsp3) is 0.0833. The summed E-state index contributed by atoms with van der Waals surface area (Å²) in [7, 11) is 0. The molecular weight excluding hydrogens is 410 g/mol. The molecule has 0 aliphatic heterocycles. The van der Waals surface area contributed by atoms with E-state index in [0.717, 1.165) is 26.7 Å². The molecule has 1 heterocycles. The quantitative estimate of drug-likeness (QED) is 0.300. The Balaban J connectivity index is 1.55. The number of benzene rings is 3. The first kappa shape index (κ1) is 20.4. The number of rotatable bonds is 5. The molecule has 4 aromatic rings. The van der Waals surface area contributed by atoms with E-state index in [1.165, 1.54) is 12.1 Å². The fourth-order valence-corrected chi connectivity index (χ4v) is 4.29. The number of aryl methyl sites for hydroxylation is 1. The topological polar surface area (TPSA) is 85.1 Å². The van der Waals surface area contributed by atoms with Crippen molar-refractivity contribution >= 4 is 28.6 Å². The van der Waals surface area contributed by atoms with Crippen molar-refractivity contribution in [2.45, 2.75) is 13.8 Å². The molecule has 6 nitrogen and oxygen atoms in total. The van der Waals surface area contributed by atoms with E-state index in [1.807, 2.05) is 49.4 Å². The zero-order valence-electron chi connectivity index (χ0n) is 17.0. The van der Waals surface area contributed by atoms with Gasteiger partial charge in [-0.2, -0.15) is 0 Å². The van der Waals surface area contributed by atoms with Gasteiger partial charge >= 0.3 is 0 Å². The Labute approximate surface area is 183 Å². The lowest BCUT2D eigenvalue weighted by Crippen LogP contribution is -2.14. The lowest BCUT2D eigenvalue weighted by Gasteiger charge is -2.08. The Morgan fingerprint density at radius 1 is 0.935 bits per heavy atom. The van der Waals surface area contributed by atoms with Crippen LogP contribution in [0.15, 0.2) is 72.8 Å². The van der Waals surface area contributed by atoms with Crippen LogP contribution in [-0.2, 0) is 0 Å². The number of hydrogen-bond acceptors (Lipinski definition) is 5. The monoisotopic (exact) mass is 429 g/mol. The standard InChI is InChI=1S/C24H19N3O3S/c1-15-20(9-6-10-21(15)27(29)30)23(28)25-19-13-11-17(12-14-19)22-16(2)31-24(26-22)18-7-4-3-5-8-18/h3-14H,1-2H3,(H,25,28). The van der Waals surface area contributed by atoms with Crippen molar-refractivity contribution in [3.8, 4) is 21.8 Å². The van der Waals surface area contributed by atoms with Gasteiger partial charge in [0.05, 0.1) is 10.6 Å². The third-order valence-electron chi connectivity index (χ3n) is 4.98. The number of nitro groups is 1. The largest absolute Gasteiger partial charge is 0.322 e. The van der Waals surface area contributed by atoms with Gasteiger partial charge in [-0.25, -0.2) is 4.98 Å². The van der Waals surface area contributed by atoms with Crippen molar-refractivity contribution in [3.05, 3.63) is 98.9 Å². The molecule has 154 valence electrons. The molecule has 0 saturated carbocycles. The van der Waals surface area contributed by atoms with Gasteiger partial charge in [0.15, 0.2) is 0 Å². The van der Waals surface area contributed by atoms with E-state index in [1.54, 1.807) is 36.5 Å². The van der Waals surface area contributed by atoms with Crippen LogP contribution in [0.5, 0.6) is 0 Å². The number of amides is 1. The van der Waals surface area contributed by atoms with Gasteiger partial charge in [0.25, 0.3) is 11.6 Å². The SMILES string of the molecule is Cc1sc(-c2ccccc2)nc1-c1ccc(NC(=O)c2cccc([N+](=O)[O-])c2C)cc1. The highest BCUT2D eigenvalue weighted by atomic mass is 32.1. The molecule has 31 heavy (non-hydrogen) atoms. The number of nitro benzene ring substituents is 1. The zero-order valence-corrected chi connectivity index (χ0v) is 17.8. The third kappa shape index (κ3) is 4.22. The molecule has 0 saturated heterocycles. The summed E-state index contributed by atoms with van der Waals surface area (Å²) in [6.07, 6.45) is 0. The number of carbonyl (C=O) groups excluding carboxylic acids is 1. The molecule has 1 amide bonds. The molecular formula is C24H19N3O3S. The second kappa shape index (κ2) is 8.49.